The van der Waals surface area contributed by atoms with Gasteiger partial charge in [0.05, 0.1) is 20.8 Å². The number of hydrogen-bond donors (Lipinski definition) is 2. The van der Waals surface area contributed by atoms with Gasteiger partial charge in [0.2, 0.25) is 5.91 Å². The third-order valence-corrected chi connectivity index (χ3v) is 4.54. The highest BCUT2D eigenvalue weighted by atomic mass is 35.5. The Morgan fingerprint density at radius 2 is 1.96 bits per heavy atom. The van der Waals surface area contributed by atoms with E-state index in [1.165, 1.54) is 14.2 Å². The van der Waals surface area contributed by atoms with Crippen LogP contribution >= 0.6 is 11.6 Å². The third-order valence-electron chi connectivity index (χ3n) is 4.13. The first-order valence-corrected chi connectivity index (χ1v) is 8.98. The van der Waals surface area contributed by atoms with Crippen molar-refractivity contribution in [3.05, 3.63) is 64.7 Å². The fourth-order valence-electron chi connectivity index (χ4n) is 2.68. The third kappa shape index (κ3) is 5.04. The molecule has 2 N–H and O–H groups in total. The maximum Gasteiger partial charge on any atom is 0.251 e. The van der Waals surface area contributed by atoms with Crippen LogP contribution in [-0.2, 0) is 11.2 Å². The number of nitrogens with one attached hydrogen (secondary N) is 2. The number of ether oxygens (including phenoxy) is 2. The summed E-state index contributed by atoms with van der Waals surface area (Å²) >= 11 is 6.05. The van der Waals surface area contributed by atoms with Crippen molar-refractivity contribution in [1.82, 2.24) is 5.32 Å². The zero-order chi connectivity index (χ0) is 20.7. The normalized spacial score (nSPS) is 10.1. The van der Waals surface area contributed by atoms with E-state index in [9.17, 15) is 9.59 Å². The molecular weight excluding hydrogens is 380 g/mol. The van der Waals surface area contributed by atoms with Crippen LogP contribution in [0.1, 0.15) is 21.5 Å². The molecule has 2 rings (SSSR count). The van der Waals surface area contributed by atoms with E-state index in [-0.39, 0.29) is 12.5 Å². The van der Waals surface area contributed by atoms with Gasteiger partial charge >= 0.3 is 0 Å². The minimum atomic E-state index is -0.399. The summed E-state index contributed by atoms with van der Waals surface area (Å²) in [5.41, 5.74) is 2.49. The molecule has 0 bridgehead atoms. The van der Waals surface area contributed by atoms with Gasteiger partial charge in [0.15, 0.2) is 11.5 Å². The monoisotopic (exact) mass is 402 g/mol. The van der Waals surface area contributed by atoms with Crippen LogP contribution in [0.4, 0.5) is 5.69 Å². The van der Waals surface area contributed by atoms with Crippen LogP contribution in [0, 0.1) is 6.92 Å². The van der Waals surface area contributed by atoms with E-state index >= 15 is 0 Å². The number of methoxy groups -OCH3 is 2. The van der Waals surface area contributed by atoms with E-state index in [4.69, 9.17) is 21.1 Å². The molecule has 0 aromatic heterocycles. The molecule has 0 saturated heterocycles. The van der Waals surface area contributed by atoms with Crippen molar-refractivity contribution in [3.8, 4) is 11.5 Å². The van der Waals surface area contributed by atoms with Crippen molar-refractivity contribution >= 4 is 29.1 Å². The molecule has 0 atom stereocenters. The Bertz CT molecular complexity index is 896. The molecule has 2 aromatic rings. The van der Waals surface area contributed by atoms with E-state index in [2.05, 4.69) is 17.2 Å². The zero-order valence-corrected chi connectivity index (χ0v) is 16.9. The van der Waals surface area contributed by atoms with Gasteiger partial charge in [0.25, 0.3) is 5.91 Å². The first-order chi connectivity index (χ1) is 13.4. The lowest BCUT2D eigenvalue weighted by molar-refractivity contribution is -0.115. The number of carbonyl (C=O) groups is 2. The number of halogens is 1. The van der Waals surface area contributed by atoms with Crippen LogP contribution in [0.2, 0.25) is 5.02 Å². The van der Waals surface area contributed by atoms with Crippen LogP contribution in [0.15, 0.2) is 43.0 Å². The second kappa shape index (κ2) is 9.80. The van der Waals surface area contributed by atoms with Crippen LogP contribution in [-0.4, -0.2) is 32.6 Å². The van der Waals surface area contributed by atoms with Gasteiger partial charge in [-0.15, -0.1) is 6.58 Å². The molecule has 0 unspecified atom stereocenters. The summed E-state index contributed by atoms with van der Waals surface area (Å²) in [4.78, 5) is 24.7. The van der Waals surface area contributed by atoms with E-state index in [1.54, 1.807) is 43.3 Å². The fraction of sp³-hybridized carbons (Fsp3) is 0.238. The maximum atomic E-state index is 12.5. The van der Waals surface area contributed by atoms with Gasteiger partial charge in [0, 0.05) is 21.8 Å². The predicted octanol–water partition coefficient (Wildman–Crippen LogP) is 3.76. The molecule has 7 heteroatoms. The second-order valence-corrected chi connectivity index (χ2v) is 6.41. The van der Waals surface area contributed by atoms with Crippen LogP contribution in [0.25, 0.3) is 0 Å². The average Bonchev–Trinajstić information content (AvgIpc) is 2.69. The molecule has 0 saturated carbocycles. The standard InChI is InChI=1S/C21H23ClN2O4/c1-5-7-14-10-15(11-18(27-3)20(14)28-4)21(26)23-12-19(25)24-17-9-6-8-16(22)13(17)2/h5-6,8-11H,1,7,12H2,2-4H3,(H,23,26)(H,24,25). The SMILES string of the molecule is C=CCc1cc(C(=O)NCC(=O)Nc2cccc(Cl)c2C)cc(OC)c1OC. The molecule has 0 aliphatic rings. The minimum Gasteiger partial charge on any atom is -0.493 e. The lowest BCUT2D eigenvalue weighted by Crippen LogP contribution is -2.33. The lowest BCUT2D eigenvalue weighted by Gasteiger charge is -2.14. The summed E-state index contributed by atoms with van der Waals surface area (Å²) in [6, 6.07) is 8.49. The Hall–Kier alpha value is -2.99. The zero-order valence-electron chi connectivity index (χ0n) is 16.1. The quantitative estimate of drug-likeness (QED) is 0.659. The van der Waals surface area contributed by atoms with Crippen molar-refractivity contribution < 1.29 is 19.1 Å². The van der Waals surface area contributed by atoms with E-state index in [1.807, 2.05) is 0 Å². The molecule has 0 aliphatic heterocycles. The molecule has 2 amide bonds. The Kier molecular flexibility index (Phi) is 7.46. The van der Waals surface area contributed by atoms with Gasteiger partial charge < -0.3 is 20.1 Å². The Balaban J connectivity index is 2.10. The molecule has 0 spiro atoms. The van der Waals surface area contributed by atoms with Crippen molar-refractivity contribution in [3.63, 3.8) is 0 Å². The summed E-state index contributed by atoms with van der Waals surface area (Å²) in [5.74, 6) is 0.230. The topological polar surface area (TPSA) is 76.7 Å². The van der Waals surface area contributed by atoms with Gasteiger partial charge in [0.1, 0.15) is 0 Å². The maximum absolute atomic E-state index is 12.5. The number of allylic oxidation sites excluding steroid dienone is 1. The molecule has 2 aromatic carbocycles. The minimum absolute atomic E-state index is 0.185. The lowest BCUT2D eigenvalue weighted by atomic mass is 10.0. The summed E-state index contributed by atoms with van der Waals surface area (Å²) in [7, 11) is 3.03. The molecule has 0 radical (unpaired) electrons. The average molecular weight is 403 g/mol. The predicted molar refractivity (Wildman–Crippen MR) is 111 cm³/mol. The highest BCUT2D eigenvalue weighted by molar-refractivity contribution is 6.31. The van der Waals surface area contributed by atoms with E-state index in [0.29, 0.717) is 34.2 Å². The smallest absolute Gasteiger partial charge is 0.251 e. The number of hydrogen-bond acceptors (Lipinski definition) is 4. The van der Waals surface area contributed by atoms with Crippen molar-refractivity contribution in [2.75, 3.05) is 26.1 Å². The van der Waals surface area contributed by atoms with Crippen LogP contribution in [0.3, 0.4) is 0 Å². The molecule has 148 valence electrons. The first kappa shape index (κ1) is 21.3. The van der Waals surface area contributed by atoms with Gasteiger partial charge in [-0.2, -0.15) is 0 Å². The highest BCUT2D eigenvalue weighted by Crippen LogP contribution is 2.33. The molecule has 6 nitrogen and oxygen atoms in total. The van der Waals surface area contributed by atoms with Gasteiger partial charge in [-0.3, -0.25) is 9.59 Å². The Morgan fingerprint density at radius 1 is 1.21 bits per heavy atom. The van der Waals surface area contributed by atoms with Crippen molar-refractivity contribution in [1.29, 1.82) is 0 Å². The number of carbonyl (C=O) groups excluding carboxylic acids is 2. The Labute approximate surface area is 169 Å². The van der Waals surface area contributed by atoms with Crippen molar-refractivity contribution in [2.45, 2.75) is 13.3 Å². The first-order valence-electron chi connectivity index (χ1n) is 8.60. The van der Waals surface area contributed by atoms with Crippen LogP contribution in [0.5, 0.6) is 11.5 Å². The molecule has 0 aliphatic carbocycles. The summed E-state index contributed by atoms with van der Waals surface area (Å²) < 4.78 is 10.7. The van der Waals surface area contributed by atoms with Gasteiger partial charge in [-0.05, 0) is 43.2 Å². The summed E-state index contributed by atoms with van der Waals surface area (Å²) in [6.07, 6.45) is 2.22. The Morgan fingerprint density at radius 3 is 2.61 bits per heavy atom. The molecule has 0 heterocycles. The van der Waals surface area contributed by atoms with Gasteiger partial charge in [-0.1, -0.05) is 23.7 Å². The number of rotatable bonds is 8. The van der Waals surface area contributed by atoms with Gasteiger partial charge in [-0.25, -0.2) is 0 Å². The van der Waals surface area contributed by atoms with E-state index in [0.717, 1.165) is 11.1 Å². The number of amides is 2. The molecule has 28 heavy (non-hydrogen) atoms. The van der Waals surface area contributed by atoms with Crippen molar-refractivity contribution in [2.24, 2.45) is 0 Å². The number of anilines is 1. The molecule has 0 fully saturated rings. The second-order valence-electron chi connectivity index (χ2n) is 6.01. The fourth-order valence-corrected chi connectivity index (χ4v) is 2.86. The van der Waals surface area contributed by atoms with E-state index < -0.39 is 5.91 Å². The van der Waals surface area contributed by atoms with Crippen LogP contribution < -0.4 is 20.1 Å². The molecular formula is C21H23ClN2O4. The summed E-state index contributed by atoms with van der Waals surface area (Å²) in [5, 5.41) is 5.90. The summed E-state index contributed by atoms with van der Waals surface area (Å²) in [6.45, 7) is 5.34. The largest absolute Gasteiger partial charge is 0.493 e. The number of benzene rings is 2. The highest BCUT2D eigenvalue weighted by Gasteiger charge is 2.16.